The van der Waals surface area contributed by atoms with Crippen molar-refractivity contribution in [3.05, 3.63) is 65.5 Å². The number of nitrogens with one attached hydrogen (secondary N) is 1. The highest BCUT2D eigenvalue weighted by Gasteiger charge is 2.14. The first-order chi connectivity index (χ1) is 14.0. The van der Waals surface area contributed by atoms with Gasteiger partial charge in [-0.15, -0.1) is 0 Å². The number of hydrogen-bond donors (Lipinski definition) is 1. The Morgan fingerprint density at radius 1 is 1.07 bits per heavy atom. The first-order valence-electron chi connectivity index (χ1n) is 10.8. The van der Waals surface area contributed by atoms with Gasteiger partial charge in [0.25, 0.3) is 0 Å². The smallest absolute Gasteiger partial charge is 0.165 e. The van der Waals surface area contributed by atoms with Gasteiger partial charge in [-0.05, 0) is 49.4 Å². The molecule has 0 heterocycles. The van der Waals surface area contributed by atoms with Crippen molar-refractivity contribution < 1.29 is 13.9 Å². The van der Waals surface area contributed by atoms with Crippen LogP contribution in [-0.4, -0.2) is 18.9 Å². The number of carbonyl (C=O) groups is 1. The molecule has 0 aliphatic carbocycles. The quantitative estimate of drug-likeness (QED) is 0.399. The van der Waals surface area contributed by atoms with E-state index in [1.54, 1.807) is 12.1 Å². The fourth-order valence-electron chi connectivity index (χ4n) is 3.53. The lowest BCUT2D eigenvalue weighted by Crippen LogP contribution is -2.22. The highest BCUT2D eigenvalue weighted by molar-refractivity contribution is 5.96. The van der Waals surface area contributed by atoms with Crippen molar-refractivity contribution in [1.82, 2.24) is 5.32 Å². The topological polar surface area (TPSA) is 38.3 Å². The van der Waals surface area contributed by atoms with Crippen LogP contribution >= 0.6 is 0 Å². The fourth-order valence-corrected chi connectivity index (χ4v) is 3.53. The number of hydrogen-bond acceptors (Lipinski definition) is 3. The van der Waals surface area contributed by atoms with Gasteiger partial charge in [0.15, 0.2) is 17.3 Å². The maximum atomic E-state index is 14.2. The minimum atomic E-state index is -0.413. The highest BCUT2D eigenvalue weighted by Crippen LogP contribution is 2.22. The zero-order valence-electron chi connectivity index (χ0n) is 17.9. The van der Waals surface area contributed by atoms with Crippen molar-refractivity contribution in [2.75, 3.05) is 13.2 Å². The molecule has 0 aromatic heterocycles. The molecule has 0 unspecified atom stereocenters. The Hall–Kier alpha value is -2.20. The lowest BCUT2D eigenvalue weighted by Gasteiger charge is -2.17. The van der Waals surface area contributed by atoms with E-state index < -0.39 is 5.82 Å². The molecule has 4 heteroatoms. The molecule has 3 nitrogen and oxygen atoms in total. The van der Waals surface area contributed by atoms with Crippen molar-refractivity contribution in [3.63, 3.8) is 0 Å². The molecule has 0 aliphatic heterocycles. The number of rotatable bonds is 13. The fraction of sp³-hybridized carbons (Fsp3) is 0.480. The van der Waals surface area contributed by atoms with Gasteiger partial charge in [0.05, 0.1) is 6.61 Å². The van der Waals surface area contributed by atoms with Gasteiger partial charge >= 0.3 is 0 Å². The van der Waals surface area contributed by atoms with Crippen LogP contribution in [0.3, 0.4) is 0 Å². The van der Waals surface area contributed by atoms with Crippen LogP contribution in [0.5, 0.6) is 5.75 Å². The van der Waals surface area contributed by atoms with Crippen LogP contribution in [0.2, 0.25) is 0 Å². The van der Waals surface area contributed by atoms with E-state index in [1.165, 1.54) is 11.6 Å². The van der Waals surface area contributed by atoms with Crippen LogP contribution in [-0.2, 0) is 0 Å². The molecule has 2 aromatic carbocycles. The van der Waals surface area contributed by atoms with Gasteiger partial charge in [-0.3, -0.25) is 4.79 Å². The summed E-state index contributed by atoms with van der Waals surface area (Å²) in [5, 5.41) is 3.37. The Morgan fingerprint density at radius 2 is 1.76 bits per heavy atom. The highest BCUT2D eigenvalue weighted by atomic mass is 19.1. The third-order valence-corrected chi connectivity index (χ3v) is 5.22. The Balaban J connectivity index is 1.89. The largest absolute Gasteiger partial charge is 0.490 e. The zero-order valence-corrected chi connectivity index (χ0v) is 17.9. The molecule has 0 saturated carbocycles. The average molecular weight is 400 g/mol. The second-order valence-corrected chi connectivity index (χ2v) is 7.66. The predicted molar refractivity (Wildman–Crippen MR) is 117 cm³/mol. The van der Waals surface area contributed by atoms with Gasteiger partial charge in [-0.25, -0.2) is 4.39 Å². The summed E-state index contributed by atoms with van der Waals surface area (Å²) in [4.78, 5) is 12.6. The maximum Gasteiger partial charge on any atom is 0.165 e. The molecule has 2 aromatic rings. The summed E-state index contributed by atoms with van der Waals surface area (Å²) in [5.74, 6) is 0.177. The normalized spacial score (nSPS) is 12.2. The molecule has 1 atom stereocenters. The van der Waals surface area contributed by atoms with E-state index in [0.717, 1.165) is 25.7 Å². The lowest BCUT2D eigenvalue weighted by molar-refractivity contribution is 0.0981. The van der Waals surface area contributed by atoms with E-state index in [9.17, 15) is 9.18 Å². The molecule has 158 valence electrons. The Bertz CT molecular complexity index is 742. The van der Waals surface area contributed by atoms with Gasteiger partial charge < -0.3 is 10.1 Å². The van der Waals surface area contributed by atoms with Crippen molar-refractivity contribution in [3.8, 4) is 5.75 Å². The number of carbonyl (C=O) groups excluding carboxylic acids is 1. The van der Waals surface area contributed by atoms with Crippen LogP contribution in [0.25, 0.3) is 0 Å². The van der Waals surface area contributed by atoms with Crippen molar-refractivity contribution in [2.24, 2.45) is 5.92 Å². The summed E-state index contributed by atoms with van der Waals surface area (Å²) >= 11 is 0. The minimum Gasteiger partial charge on any atom is -0.490 e. The second kappa shape index (κ2) is 12.4. The van der Waals surface area contributed by atoms with Crippen molar-refractivity contribution in [2.45, 2.75) is 58.9 Å². The Morgan fingerprint density at radius 3 is 2.41 bits per heavy atom. The number of ketones is 1. The van der Waals surface area contributed by atoms with Gasteiger partial charge in [0.2, 0.25) is 0 Å². The summed E-state index contributed by atoms with van der Waals surface area (Å²) in [7, 11) is 0. The third-order valence-electron chi connectivity index (χ3n) is 5.22. The molecule has 0 bridgehead atoms. The van der Waals surface area contributed by atoms with E-state index in [0.29, 0.717) is 31.1 Å². The van der Waals surface area contributed by atoms with Gasteiger partial charge in [-0.1, -0.05) is 57.0 Å². The molecule has 0 radical (unpaired) electrons. The SMILES string of the molecule is CCCC(CCC)COc1cc(C(=O)CCN[C@@H](C)c2ccccc2)ccc1F. The standard InChI is InChI=1S/C25H34FNO2/c1-4-9-20(10-5-2)18-29-25-17-22(13-14-23(25)26)24(28)15-16-27-19(3)21-11-7-6-8-12-21/h6-8,11-14,17,19-20,27H,4-5,9-10,15-16,18H2,1-3H3/t19-/m0/s1. The second-order valence-electron chi connectivity index (χ2n) is 7.66. The summed E-state index contributed by atoms with van der Waals surface area (Å²) in [6, 6.07) is 14.7. The first-order valence-corrected chi connectivity index (χ1v) is 10.8. The molecule has 0 fully saturated rings. The van der Waals surface area contributed by atoms with Crippen LogP contribution < -0.4 is 10.1 Å². The van der Waals surface area contributed by atoms with Crippen molar-refractivity contribution >= 4 is 5.78 Å². The first kappa shape index (κ1) is 23.1. The molecule has 2 rings (SSSR count). The van der Waals surface area contributed by atoms with Gasteiger partial charge in [-0.2, -0.15) is 0 Å². The summed E-state index contributed by atoms with van der Waals surface area (Å²) < 4.78 is 19.9. The van der Waals surface area contributed by atoms with E-state index in [-0.39, 0.29) is 17.6 Å². The minimum absolute atomic E-state index is 0.0127. The Kier molecular flexibility index (Phi) is 9.85. The zero-order chi connectivity index (χ0) is 21.1. The molecule has 0 amide bonds. The molecule has 29 heavy (non-hydrogen) atoms. The van der Waals surface area contributed by atoms with E-state index >= 15 is 0 Å². The van der Waals surface area contributed by atoms with E-state index in [4.69, 9.17) is 4.74 Å². The molecular weight excluding hydrogens is 365 g/mol. The number of halogens is 1. The molecule has 0 spiro atoms. The molecular formula is C25H34FNO2. The van der Waals surface area contributed by atoms with Gasteiger partial charge in [0.1, 0.15) is 0 Å². The Labute approximate surface area is 174 Å². The number of ether oxygens (including phenoxy) is 1. The van der Waals surface area contributed by atoms with E-state index in [2.05, 4.69) is 38.2 Å². The predicted octanol–water partition coefficient (Wildman–Crippen LogP) is 6.34. The van der Waals surface area contributed by atoms with Gasteiger partial charge in [0, 0.05) is 24.6 Å². The number of Topliss-reactive ketones (excluding diaryl/α,β-unsaturated/α-hetero) is 1. The van der Waals surface area contributed by atoms with E-state index in [1.807, 2.05) is 18.2 Å². The molecule has 0 saturated heterocycles. The maximum absolute atomic E-state index is 14.2. The van der Waals surface area contributed by atoms with Crippen LogP contribution in [0.1, 0.15) is 74.8 Å². The summed E-state index contributed by atoms with van der Waals surface area (Å²) in [6.07, 6.45) is 4.67. The molecule has 0 aliphatic rings. The van der Waals surface area contributed by atoms with Crippen LogP contribution in [0.4, 0.5) is 4.39 Å². The van der Waals surface area contributed by atoms with Crippen LogP contribution in [0.15, 0.2) is 48.5 Å². The third kappa shape index (κ3) is 7.62. The average Bonchev–Trinajstić information content (AvgIpc) is 2.73. The lowest BCUT2D eigenvalue weighted by atomic mass is 9.99. The summed E-state index contributed by atoms with van der Waals surface area (Å²) in [5.41, 5.74) is 1.68. The monoisotopic (exact) mass is 399 g/mol. The van der Waals surface area contributed by atoms with Crippen molar-refractivity contribution in [1.29, 1.82) is 0 Å². The molecule has 1 N–H and O–H groups in total. The van der Waals surface area contributed by atoms with Crippen LogP contribution in [0, 0.1) is 11.7 Å². The summed E-state index contributed by atoms with van der Waals surface area (Å²) in [6.45, 7) is 7.43. The number of benzene rings is 2.